The Morgan fingerprint density at radius 1 is 1.29 bits per heavy atom. The van der Waals surface area contributed by atoms with Crippen molar-refractivity contribution >= 4 is 12.3 Å². The molecule has 166 valence electrons. The Morgan fingerprint density at radius 2 is 2.06 bits per heavy atom. The van der Waals surface area contributed by atoms with E-state index in [4.69, 9.17) is 5.84 Å². The molecule has 1 aromatic carbocycles. The van der Waals surface area contributed by atoms with Crippen LogP contribution in [0.1, 0.15) is 56.3 Å². The van der Waals surface area contributed by atoms with Crippen molar-refractivity contribution in [2.75, 3.05) is 6.54 Å². The second-order valence-electron chi connectivity index (χ2n) is 8.17. The molecule has 31 heavy (non-hydrogen) atoms. The summed E-state index contributed by atoms with van der Waals surface area (Å²) >= 11 is 0. The van der Waals surface area contributed by atoms with Gasteiger partial charge >= 0.3 is 0 Å². The number of benzene rings is 1. The van der Waals surface area contributed by atoms with Crippen molar-refractivity contribution in [1.82, 2.24) is 20.2 Å². The average molecular weight is 424 g/mol. The Balaban J connectivity index is 1.78. The van der Waals surface area contributed by atoms with Crippen LogP contribution < -0.4 is 11.3 Å². The van der Waals surface area contributed by atoms with Gasteiger partial charge in [0.25, 0.3) is 0 Å². The molecule has 1 saturated heterocycles. The van der Waals surface area contributed by atoms with Crippen LogP contribution in [-0.2, 0) is 16.0 Å². The van der Waals surface area contributed by atoms with Crippen LogP contribution >= 0.6 is 0 Å². The molecule has 3 N–H and O–H groups in total. The summed E-state index contributed by atoms with van der Waals surface area (Å²) in [6, 6.07) is 15.8. The highest BCUT2D eigenvalue weighted by molar-refractivity contribution is 5.77. The van der Waals surface area contributed by atoms with E-state index in [2.05, 4.69) is 10.4 Å². The summed E-state index contributed by atoms with van der Waals surface area (Å²) in [6.45, 7) is 2.68. The van der Waals surface area contributed by atoms with Crippen molar-refractivity contribution < 1.29 is 9.59 Å². The zero-order valence-electron chi connectivity index (χ0n) is 18.2. The van der Waals surface area contributed by atoms with Crippen LogP contribution in [0.3, 0.4) is 0 Å². The van der Waals surface area contributed by atoms with E-state index in [1.807, 2.05) is 65.3 Å². The Hall–Kier alpha value is -2.77. The first-order valence-electron chi connectivity index (χ1n) is 11.1. The molecule has 1 aliphatic heterocycles. The van der Waals surface area contributed by atoms with Crippen LogP contribution in [0.4, 0.5) is 0 Å². The number of pyridine rings is 1. The summed E-state index contributed by atoms with van der Waals surface area (Å²) < 4.78 is 0. The van der Waals surface area contributed by atoms with Crippen LogP contribution in [0.5, 0.6) is 0 Å². The van der Waals surface area contributed by atoms with E-state index in [0.29, 0.717) is 19.4 Å². The van der Waals surface area contributed by atoms with Crippen LogP contribution in [0.15, 0.2) is 54.7 Å². The van der Waals surface area contributed by atoms with Crippen LogP contribution in [0.2, 0.25) is 0 Å². The molecule has 3 atom stereocenters. The van der Waals surface area contributed by atoms with E-state index in [1.54, 1.807) is 6.20 Å². The number of hydrogen-bond donors (Lipinski definition) is 2. The molecule has 3 rings (SSSR count). The molecule has 0 radical (unpaired) electrons. The highest BCUT2D eigenvalue weighted by Crippen LogP contribution is 2.31. The molecule has 7 heteroatoms. The predicted octanol–water partition coefficient (Wildman–Crippen LogP) is 2.79. The van der Waals surface area contributed by atoms with Gasteiger partial charge in [0.2, 0.25) is 12.3 Å². The molecule has 1 aliphatic rings. The Labute approximate surface area is 184 Å². The van der Waals surface area contributed by atoms with Gasteiger partial charge in [0.05, 0.1) is 6.04 Å². The molecule has 1 unspecified atom stereocenters. The minimum atomic E-state index is -0.232. The fourth-order valence-corrected chi connectivity index (χ4v) is 4.28. The average Bonchev–Trinajstić information content (AvgIpc) is 3.29. The van der Waals surface area contributed by atoms with E-state index >= 15 is 0 Å². The van der Waals surface area contributed by atoms with Crippen molar-refractivity contribution in [2.24, 2.45) is 5.84 Å². The van der Waals surface area contributed by atoms with Crippen LogP contribution in [0, 0.1) is 0 Å². The Bertz CT molecular complexity index is 817. The molecule has 0 bridgehead atoms. The zero-order valence-corrected chi connectivity index (χ0v) is 18.2. The van der Waals surface area contributed by atoms with E-state index < -0.39 is 0 Å². The third-order valence-corrected chi connectivity index (χ3v) is 5.99. The molecule has 0 saturated carbocycles. The van der Waals surface area contributed by atoms with Gasteiger partial charge in [0, 0.05) is 37.3 Å². The minimum absolute atomic E-state index is 0.100. The number of likely N-dealkylation sites (tertiary alicyclic amines) is 1. The maximum Gasteiger partial charge on any atom is 0.224 e. The lowest BCUT2D eigenvalue weighted by Gasteiger charge is -2.38. The summed E-state index contributed by atoms with van der Waals surface area (Å²) in [5.41, 5.74) is 4.68. The number of carbonyl (C=O) groups excluding carboxylic acids is 2. The number of nitrogens with one attached hydrogen (secondary N) is 1. The zero-order chi connectivity index (χ0) is 22.1. The largest absolute Gasteiger partial charge is 0.322 e. The first kappa shape index (κ1) is 22.9. The first-order valence-corrected chi connectivity index (χ1v) is 11.1. The van der Waals surface area contributed by atoms with Gasteiger partial charge in [0.1, 0.15) is 6.17 Å². The van der Waals surface area contributed by atoms with Crippen LogP contribution in [-0.4, -0.2) is 45.9 Å². The molecular weight excluding hydrogens is 390 g/mol. The molecule has 1 aromatic heterocycles. The number of nitrogens with zero attached hydrogens (tertiary/aromatic N) is 3. The Morgan fingerprint density at radius 3 is 2.74 bits per heavy atom. The number of hydrogen-bond acceptors (Lipinski definition) is 5. The van der Waals surface area contributed by atoms with Crippen molar-refractivity contribution in [3.63, 3.8) is 0 Å². The summed E-state index contributed by atoms with van der Waals surface area (Å²) in [7, 11) is 0. The quantitative estimate of drug-likeness (QED) is 0.329. The highest BCUT2D eigenvalue weighted by Gasteiger charge is 2.36. The monoisotopic (exact) mass is 423 g/mol. The maximum absolute atomic E-state index is 13.0. The molecule has 0 spiro atoms. The molecule has 0 aliphatic carbocycles. The van der Waals surface area contributed by atoms with Gasteiger partial charge < -0.3 is 9.80 Å². The highest BCUT2D eigenvalue weighted by atomic mass is 16.2. The number of aromatic nitrogens is 1. The summed E-state index contributed by atoms with van der Waals surface area (Å²) in [5, 5.41) is 0. The molecule has 2 heterocycles. The summed E-state index contributed by atoms with van der Waals surface area (Å²) in [5.74, 6) is 5.55. The molecule has 7 nitrogen and oxygen atoms in total. The lowest BCUT2D eigenvalue weighted by atomic mass is 9.99. The van der Waals surface area contributed by atoms with Gasteiger partial charge in [-0.05, 0) is 50.3 Å². The van der Waals surface area contributed by atoms with Gasteiger partial charge in [-0.1, -0.05) is 36.4 Å². The smallest absolute Gasteiger partial charge is 0.224 e. The molecule has 2 aromatic rings. The fraction of sp³-hybridized carbons (Fsp3) is 0.458. The Kier molecular flexibility index (Phi) is 8.55. The van der Waals surface area contributed by atoms with Gasteiger partial charge in [-0.2, -0.15) is 0 Å². The number of carbonyl (C=O) groups is 2. The SMILES string of the molecule is CC(CCCC(=O)N1CCC[C@H]1N(C=O)[C@@H](Cc1ccccn1)c1ccccc1)NN. The number of nitrogens with two attached hydrogens (primary N) is 1. The number of rotatable bonds is 11. The van der Waals surface area contributed by atoms with Gasteiger partial charge in [-0.25, -0.2) is 0 Å². The molecular formula is C24H33N5O2. The van der Waals surface area contributed by atoms with Crippen molar-refractivity contribution in [2.45, 2.75) is 63.7 Å². The van der Waals surface area contributed by atoms with Crippen molar-refractivity contribution in [1.29, 1.82) is 0 Å². The predicted molar refractivity (Wildman–Crippen MR) is 120 cm³/mol. The summed E-state index contributed by atoms with van der Waals surface area (Å²) in [6.07, 6.45) is 6.79. The van der Waals surface area contributed by atoms with Gasteiger partial charge in [-0.3, -0.25) is 25.8 Å². The van der Waals surface area contributed by atoms with E-state index in [1.165, 1.54) is 0 Å². The molecule has 1 fully saturated rings. The van der Waals surface area contributed by atoms with E-state index in [0.717, 1.165) is 43.4 Å². The lowest BCUT2D eigenvalue weighted by Crippen LogP contribution is -2.48. The van der Waals surface area contributed by atoms with Crippen molar-refractivity contribution in [3.8, 4) is 0 Å². The number of hydrazine groups is 1. The van der Waals surface area contributed by atoms with E-state index in [9.17, 15) is 9.59 Å². The second kappa shape index (κ2) is 11.6. The minimum Gasteiger partial charge on any atom is -0.322 e. The fourth-order valence-electron chi connectivity index (χ4n) is 4.28. The van der Waals surface area contributed by atoms with Gasteiger partial charge in [-0.15, -0.1) is 0 Å². The van der Waals surface area contributed by atoms with E-state index in [-0.39, 0.29) is 24.2 Å². The standard InChI is InChI=1S/C24H33N5O2/c1-19(27-25)9-7-14-24(31)28-16-8-13-23(28)29(18-30)22(20-10-3-2-4-11-20)17-21-12-5-6-15-26-21/h2-6,10-12,15,18-19,22-23,27H,7-9,13-14,16-17,25H2,1H3/t19?,22-,23+/m0/s1. The normalized spacial score (nSPS) is 17.9. The third-order valence-electron chi connectivity index (χ3n) is 5.99. The topological polar surface area (TPSA) is 91.6 Å². The van der Waals surface area contributed by atoms with Gasteiger partial charge in [0.15, 0.2) is 0 Å². The maximum atomic E-state index is 13.0. The third kappa shape index (κ3) is 6.12. The number of amides is 2. The van der Waals surface area contributed by atoms with Crippen molar-refractivity contribution in [3.05, 3.63) is 66.0 Å². The lowest BCUT2D eigenvalue weighted by molar-refractivity contribution is -0.140. The summed E-state index contributed by atoms with van der Waals surface area (Å²) in [4.78, 5) is 33.5. The van der Waals surface area contributed by atoms with Crippen LogP contribution in [0.25, 0.3) is 0 Å². The first-order chi connectivity index (χ1) is 15.1. The molecule has 2 amide bonds. The second-order valence-corrected chi connectivity index (χ2v) is 8.17.